The first-order chi connectivity index (χ1) is 26.9. The van der Waals surface area contributed by atoms with Crippen molar-refractivity contribution in [1.82, 2.24) is 13.7 Å². The van der Waals surface area contributed by atoms with Gasteiger partial charge in [-0.2, -0.15) is 0 Å². The van der Waals surface area contributed by atoms with Crippen LogP contribution in [0.5, 0.6) is 0 Å². The van der Waals surface area contributed by atoms with Crippen LogP contribution >= 0.6 is 0 Å². The summed E-state index contributed by atoms with van der Waals surface area (Å²) in [5.41, 5.74) is 2.01. The molecular formula is C48H63BiN3O3Si3. The van der Waals surface area contributed by atoms with E-state index in [0.29, 0.717) is 0 Å². The van der Waals surface area contributed by atoms with Gasteiger partial charge in [-0.1, -0.05) is 0 Å². The fourth-order valence-electron chi connectivity index (χ4n) is 8.72. The predicted molar refractivity (Wildman–Crippen MR) is 249 cm³/mol. The van der Waals surface area contributed by atoms with Crippen molar-refractivity contribution >= 4 is 95.7 Å². The van der Waals surface area contributed by atoms with E-state index in [-0.39, 0.29) is 34.4 Å². The summed E-state index contributed by atoms with van der Waals surface area (Å²) >= 11 is -2.93. The van der Waals surface area contributed by atoms with Crippen LogP contribution in [0.2, 0.25) is 0 Å². The number of hydrogen-bond acceptors (Lipinski definition) is 3. The molecule has 0 fully saturated rings. The molecule has 3 aromatic carbocycles. The van der Waals surface area contributed by atoms with Gasteiger partial charge in [-0.25, -0.2) is 0 Å². The first-order valence-corrected chi connectivity index (χ1v) is 27.0. The van der Waals surface area contributed by atoms with Crippen LogP contribution in [0.4, 0.5) is 0 Å². The van der Waals surface area contributed by atoms with Crippen LogP contribution in [-0.2, 0) is 13.3 Å². The molecule has 6 nitrogen and oxygen atoms in total. The molecule has 0 saturated carbocycles. The van der Waals surface area contributed by atoms with Crippen LogP contribution in [-0.4, -0.2) is 83.7 Å². The molecule has 3 heterocycles. The molecule has 0 aliphatic carbocycles. The van der Waals surface area contributed by atoms with E-state index in [2.05, 4.69) is 240 Å². The Kier molecular flexibility index (Phi) is 12.4. The fraction of sp³-hybridized carbons (Fsp3) is 0.500. The van der Waals surface area contributed by atoms with E-state index in [1.165, 1.54) is 42.5 Å². The second kappa shape index (κ2) is 15.9. The standard InChI is InChI=1S/3C16H21NOSi.Bi/c3*1-12(16(5,18-19)15(2,3)4)17-11-10-13-8-6-7-9-14(13)17;/h3*7-12H,1-5H3;. The quantitative estimate of drug-likeness (QED) is 0.115. The van der Waals surface area contributed by atoms with Crippen molar-refractivity contribution in [1.29, 1.82) is 0 Å². The molecule has 6 atom stereocenters. The topological polar surface area (TPSA) is 42.5 Å². The third kappa shape index (κ3) is 7.43. The summed E-state index contributed by atoms with van der Waals surface area (Å²) in [5, 5.41) is 3.76. The van der Waals surface area contributed by atoms with E-state index < -0.39 is 38.6 Å². The predicted octanol–water partition coefficient (Wildman–Crippen LogP) is 9.46. The van der Waals surface area contributed by atoms with Gasteiger partial charge in [0.2, 0.25) is 0 Å². The molecule has 6 unspecified atom stereocenters. The summed E-state index contributed by atoms with van der Waals surface area (Å²) < 4.78 is 29.7. The molecule has 0 aliphatic rings. The molecule has 6 aromatic rings. The van der Waals surface area contributed by atoms with Crippen LogP contribution in [0, 0.1) is 16.2 Å². The molecule has 0 aliphatic heterocycles. The molecule has 3 aromatic heterocycles. The minimum absolute atomic E-state index is 0.0831. The normalized spacial score (nSPS) is 18.1. The van der Waals surface area contributed by atoms with E-state index in [4.69, 9.17) is 13.3 Å². The van der Waals surface area contributed by atoms with Crippen molar-refractivity contribution in [2.75, 3.05) is 0 Å². The number of rotatable bonds is 12. The third-order valence-electron chi connectivity index (χ3n) is 14.6. The van der Waals surface area contributed by atoms with Gasteiger partial charge in [-0.05, 0) is 0 Å². The van der Waals surface area contributed by atoms with Crippen molar-refractivity contribution in [3.63, 3.8) is 0 Å². The van der Waals surface area contributed by atoms with E-state index in [1.54, 1.807) is 0 Å². The van der Waals surface area contributed by atoms with Crippen LogP contribution in [0.25, 0.3) is 32.7 Å². The number of nitrogens with zero attached hydrogens (tertiary/aromatic N) is 3. The molecule has 6 rings (SSSR count). The second-order valence-corrected chi connectivity index (χ2v) is 29.4. The van der Waals surface area contributed by atoms with Crippen molar-refractivity contribution < 1.29 is 13.3 Å². The number of fused-ring (bicyclic) bond motifs is 3. The van der Waals surface area contributed by atoms with Crippen molar-refractivity contribution in [2.24, 2.45) is 16.2 Å². The second-order valence-electron chi connectivity index (χ2n) is 20.1. The van der Waals surface area contributed by atoms with Crippen LogP contribution in [0.3, 0.4) is 0 Å². The summed E-state index contributed by atoms with van der Waals surface area (Å²) in [6.07, 6.45) is 6.69. The molecule has 0 saturated heterocycles. The fourth-order valence-corrected chi connectivity index (χ4v) is 19.4. The molecule has 58 heavy (non-hydrogen) atoms. The van der Waals surface area contributed by atoms with E-state index in [1.807, 2.05) is 0 Å². The van der Waals surface area contributed by atoms with Gasteiger partial charge < -0.3 is 0 Å². The van der Waals surface area contributed by atoms with Crippen molar-refractivity contribution in [3.8, 4) is 0 Å². The van der Waals surface area contributed by atoms with Crippen LogP contribution in [0.1, 0.15) is 122 Å². The Morgan fingerprint density at radius 1 is 0.414 bits per heavy atom. The van der Waals surface area contributed by atoms with E-state index >= 15 is 0 Å². The number of benzene rings is 3. The Morgan fingerprint density at radius 3 is 0.862 bits per heavy atom. The zero-order valence-corrected chi connectivity index (χ0v) is 43.9. The Hall–Kier alpha value is -2.31. The van der Waals surface area contributed by atoms with Gasteiger partial charge in [-0.15, -0.1) is 0 Å². The van der Waals surface area contributed by atoms with Gasteiger partial charge in [0, 0.05) is 0 Å². The van der Waals surface area contributed by atoms with Crippen LogP contribution < -0.4 is 9.81 Å². The van der Waals surface area contributed by atoms with Gasteiger partial charge >= 0.3 is 369 Å². The van der Waals surface area contributed by atoms with E-state index in [9.17, 15) is 0 Å². The van der Waals surface area contributed by atoms with Crippen molar-refractivity contribution in [2.45, 2.75) is 139 Å². The van der Waals surface area contributed by atoms with E-state index in [0.717, 1.165) is 0 Å². The molecule has 305 valence electrons. The molecule has 0 N–H and O–H groups in total. The molecule has 10 heteroatoms. The molecule has 0 spiro atoms. The zero-order valence-electron chi connectivity index (χ0n) is 37.4. The number of hydrogen-bond donors (Lipinski definition) is 0. The summed E-state index contributed by atoms with van der Waals surface area (Å²) in [7, 11) is 10.4. The summed E-state index contributed by atoms with van der Waals surface area (Å²) in [4.78, 5) is 0. The van der Waals surface area contributed by atoms with Gasteiger partial charge in [0.25, 0.3) is 0 Å². The van der Waals surface area contributed by atoms with Gasteiger partial charge in [0.1, 0.15) is 0 Å². The van der Waals surface area contributed by atoms with Crippen LogP contribution in [0.15, 0.2) is 91.4 Å². The Labute approximate surface area is 366 Å². The molecule has 0 bridgehead atoms. The Bertz CT molecular complexity index is 2150. The van der Waals surface area contributed by atoms with Gasteiger partial charge in [-0.3, -0.25) is 0 Å². The molecule has 0 amide bonds. The van der Waals surface area contributed by atoms with Gasteiger partial charge in [0.15, 0.2) is 0 Å². The summed E-state index contributed by atoms with van der Waals surface area (Å²) in [6, 6.07) is 28.7. The maximum absolute atomic E-state index is 6.07. The Balaban J connectivity index is 1.50. The average molecular weight is 1020 g/mol. The summed E-state index contributed by atoms with van der Waals surface area (Å²) in [6.45, 7) is 33.5. The first kappa shape index (κ1) is 45.2. The SMILES string of the molecule is CC(n1ccc2c[c]([Bi]([c]3ccc4c(ccn4C(C)C(C)(O[Si])C(C)(C)C)c3)[c]3ccc4c(ccn4C(C)C(C)(O[Si])C(C)(C)C)c3)ccc21)C(C)(O[Si])C(C)(C)C. The monoisotopic (exact) mass is 1020 g/mol. The number of aromatic nitrogens is 3. The first-order valence-electron chi connectivity index (χ1n) is 20.5. The third-order valence-corrected chi connectivity index (χ3v) is 25.2. The van der Waals surface area contributed by atoms with Gasteiger partial charge in [0.05, 0.1) is 0 Å². The zero-order chi connectivity index (χ0) is 43.0. The minimum atomic E-state index is -2.93. The Morgan fingerprint density at radius 2 is 0.655 bits per heavy atom. The molecule has 9 radical (unpaired) electrons. The van der Waals surface area contributed by atoms with Crippen molar-refractivity contribution in [3.05, 3.63) is 91.4 Å². The summed E-state index contributed by atoms with van der Waals surface area (Å²) in [5.74, 6) is 0. The molecular weight excluding hydrogens is 960 g/mol. The average Bonchev–Trinajstić information content (AvgIpc) is 3.91. The maximum atomic E-state index is 6.07.